The highest BCUT2D eigenvalue weighted by atomic mass is 32.2. The molecule has 0 atom stereocenters. The monoisotopic (exact) mass is 303 g/mol. The SMILES string of the molecule is Nc1nc(NCCc2ccc(NC3=NCCS3)cc2)n[nH]1. The van der Waals surface area contributed by atoms with Crippen LogP contribution in [0.15, 0.2) is 29.3 Å². The third-order valence-corrected chi connectivity index (χ3v) is 3.88. The van der Waals surface area contributed by atoms with Gasteiger partial charge in [0, 0.05) is 18.0 Å². The summed E-state index contributed by atoms with van der Waals surface area (Å²) in [4.78, 5) is 8.36. The zero-order valence-corrected chi connectivity index (χ0v) is 12.3. The zero-order valence-electron chi connectivity index (χ0n) is 11.5. The number of rotatable bonds is 5. The molecular weight excluding hydrogens is 286 g/mol. The van der Waals surface area contributed by atoms with Gasteiger partial charge in [0.15, 0.2) is 5.17 Å². The van der Waals surface area contributed by atoms with E-state index in [0.29, 0.717) is 11.9 Å². The number of hydrogen-bond acceptors (Lipinski definition) is 7. The average Bonchev–Trinajstić information content (AvgIpc) is 3.13. The molecule has 0 saturated carbocycles. The predicted molar refractivity (Wildman–Crippen MR) is 87.8 cm³/mol. The van der Waals surface area contributed by atoms with Crippen LogP contribution in [0.25, 0.3) is 0 Å². The number of aromatic amines is 1. The summed E-state index contributed by atoms with van der Waals surface area (Å²) in [6.07, 6.45) is 0.893. The molecule has 2 heterocycles. The molecule has 0 radical (unpaired) electrons. The molecule has 0 bridgehead atoms. The van der Waals surface area contributed by atoms with Gasteiger partial charge in [-0.05, 0) is 24.1 Å². The molecule has 7 nitrogen and oxygen atoms in total. The highest BCUT2D eigenvalue weighted by Gasteiger charge is 2.06. The van der Waals surface area contributed by atoms with E-state index in [1.54, 1.807) is 11.8 Å². The Morgan fingerprint density at radius 1 is 1.29 bits per heavy atom. The molecule has 0 aliphatic carbocycles. The van der Waals surface area contributed by atoms with E-state index in [9.17, 15) is 0 Å². The quantitative estimate of drug-likeness (QED) is 0.668. The molecule has 1 aromatic carbocycles. The third kappa shape index (κ3) is 3.88. The van der Waals surface area contributed by atoms with E-state index in [-0.39, 0.29) is 0 Å². The second kappa shape index (κ2) is 6.49. The minimum Gasteiger partial charge on any atom is -0.368 e. The molecule has 8 heteroatoms. The lowest BCUT2D eigenvalue weighted by Gasteiger charge is -2.07. The van der Waals surface area contributed by atoms with Crippen LogP contribution in [0.4, 0.5) is 17.6 Å². The Labute approximate surface area is 126 Å². The summed E-state index contributed by atoms with van der Waals surface area (Å²) < 4.78 is 0. The van der Waals surface area contributed by atoms with Crippen LogP contribution in [0.5, 0.6) is 0 Å². The lowest BCUT2D eigenvalue weighted by Crippen LogP contribution is -2.07. The average molecular weight is 303 g/mol. The molecule has 0 fully saturated rings. The van der Waals surface area contributed by atoms with E-state index < -0.39 is 0 Å². The summed E-state index contributed by atoms with van der Waals surface area (Å²) in [5, 5.41) is 13.9. The molecular formula is C13H17N7S. The van der Waals surface area contributed by atoms with E-state index in [2.05, 4.69) is 55.1 Å². The Kier molecular flexibility index (Phi) is 4.25. The van der Waals surface area contributed by atoms with Gasteiger partial charge < -0.3 is 16.4 Å². The Balaban J connectivity index is 1.47. The van der Waals surface area contributed by atoms with E-state index in [1.807, 2.05) is 0 Å². The van der Waals surface area contributed by atoms with Gasteiger partial charge in [-0.1, -0.05) is 23.9 Å². The number of hydrogen-bond donors (Lipinski definition) is 4. The maximum atomic E-state index is 5.46. The van der Waals surface area contributed by atoms with Crippen LogP contribution >= 0.6 is 11.8 Å². The molecule has 3 rings (SSSR count). The largest absolute Gasteiger partial charge is 0.368 e. The van der Waals surface area contributed by atoms with E-state index in [1.165, 1.54) is 5.56 Å². The second-order valence-electron chi connectivity index (χ2n) is 4.58. The minimum atomic E-state index is 0.320. The zero-order chi connectivity index (χ0) is 14.5. The van der Waals surface area contributed by atoms with Crippen LogP contribution in [-0.2, 0) is 6.42 Å². The van der Waals surface area contributed by atoms with Gasteiger partial charge in [-0.25, -0.2) is 5.10 Å². The summed E-state index contributed by atoms with van der Waals surface area (Å²) in [5.41, 5.74) is 7.78. The molecule has 5 N–H and O–H groups in total. The maximum absolute atomic E-state index is 5.46. The van der Waals surface area contributed by atoms with Crippen molar-refractivity contribution >= 4 is 34.5 Å². The number of H-pyrrole nitrogens is 1. The van der Waals surface area contributed by atoms with Crippen LogP contribution in [-0.4, -0.2) is 39.2 Å². The number of anilines is 3. The predicted octanol–water partition coefficient (Wildman–Crippen LogP) is 1.56. The topological polar surface area (TPSA) is 104 Å². The Morgan fingerprint density at radius 2 is 2.14 bits per heavy atom. The van der Waals surface area contributed by atoms with Gasteiger partial charge >= 0.3 is 0 Å². The van der Waals surface area contributed by atoms with Crippen molar-refractivity contribution in [3.63, 3.8) is 0 Å². The molecule has 0 unspecified atom stereocenters. The fraction of sp³-hybridized carbons (Fsp3) is 0.308. The van der Waals surface area contributed by atoms with Crippen LogP contribution in [0, 0.1) is 0 Å². The second-order valence-corrected chi connectivity index (χ2v) is 5.66. The van der Waals surface area contributed by atoms with Gasteiger partial charge in [0.05, 0.1) is 6.54 Å². The van der Waals surface area contributed by atoms with Crippen molar-refractivity contribution in [1.29, 1.82) is 0 Å². The lowest BCUT2D eigenvalue weighted by molar-refractivity contribution is 0.985. The Hall–Kier alpha value is -2.22. The lowest BCUT2D eigenvalue weighted by atomic mass is 10.1. The fourth-order valence-corrected chi connectivity index (χ4v) is 2.71. The summed E-state index contributed by atoms with van der Waals surface area (Å²) in [5.74, 6) is 1.92. The first kappa shape index (κ1) is 13.7. The van der Waals surface area contributed by atoms with E-state index >= 15 is 0 Å². The number of nitrogens with one attached hydrogen (secondary N) is 3. The molecule has 0 saturated heterocycles. The Bertz CT molecular complexity index is 620. The van der Waals surface area contributed by atoms with Gasteiger partial charge in [-0.2, -0.15) is 4.98 Å². The van der Waals surface area contributed by atoms with Crippen molar-refractivity contribution in [2.75, 3.05) is 35.2 Å². The molecule has 21 heavy (non-hydrogen) atoms. The minimum absolute atomic E-state index is 0.320. The first-order valence-electron chi connectivity index (χ1n) is 6.74. The van der Waals surface area contributed by atoms with Gasteiger partial charge in [0.1, 0.15) is 0 Å². The Morgan fingerprint density at radius 3 is 2.81 bits per heavy atom. The van der Waals surface area contributed by atoms with Crippen molar-refractivity contribution in [2.24, 2.45) is 4.99 Å². The van der Waals surface area contributed by atoms with Gasteiger partial charge in [-0.15, -0.1) is 5.10 Å². The molecule has 0 amide bonds. The number of thioether (sulfide) groups is 1. The number of nitrogen functional groups attached to an aromatic ring is 1. The molecule has 2 aromatic rings. The van der Waals surface area contributed by atoms with Crippen LogP contribution < -0.4 is 16.4 Å². The number of aliphatic imine (C=N–C) groups is 1. The van der Waals surface area contributed by atoms with Crippen LogP contribution in [0.3, 0.4) is 0 Å². The van der Waals surface area contributed by atoms with Gasteiger partial charge in [0.2, 0.25) is 11.9 Å². The smallest absolute Gasteiger partial charge is 0.243 e. The highest BCUT2D eigenvalue weighted by Crippen LogP contribution is 2.16. The van der Waals surface area contributed by atoms with Gasteiger partial charge in [-0.3, -0.25) is 4.99 Å². The van der Waals surface area contributed by atoms with E-state index in [4.69, 9.17) is 5.73 Å². The normalized spacial score (nSPS) is 14.0. The third-order valence-electron chi connectivity index (χ3n) is 2.99. The van der Waals surface area contributed by atoms with Gasteiger partial charge in [0.25, 0.3) is 0 Å². The maximum Gasteiger partial charge on any atom is 0.243 e. The number of amidine groups is 1. The van der Waals surface area contributed by atoms with Crippen molar-refractivity contribution < 1.29 is 0 Å². The van der Waals surface area contributed by atoms with Crippen LogP contribution in [0.2, 0.25) is 0 Å². The first-order chi connectivity index (χ1) is 10.3. The first-order valence-corrected chi connectivity index (χ1v) is 7.73. The number of benzene rings is 1. The summed E-state index contributed by atoms with van der Waals surface area (Å²) in [6.45, 7) is 1.66. The summed E-state index contributed by atoms with van der Waals surface area (Å²) in [6, 6.07) is 8.36. The molecule has 0 spiro atoms. The van der Waals surface area contributed by atoms with Crippen molar-refractivity contribution in [3.8, 4) is 0 Å². The number of nitrogens with two attached hydrogens (primary N) is 1. The van der Waals surface area contributed by atoms with Crippen molar-refractivity contribution in [3.05, 3.63) is 29.8 Å². The standard InChI is InChI=1S/C13H17N7S/c14-11-18-12(20-19-11)15-6-5-9-1-3-10(4-2-9)17-13-16-7-8-21-13/h1-4H,5-8H2,(H,16,17)(H4,14,15,18,19,20). The summed E-state index contributed by atoms with van der Waals surface area (Å²) >= 11 is 1.76. The molecule has 1 aliphatic heterocycles. The fourth-order valence-electron chi connectivity index (χ4n) is 1.96. The highest BCUT2D eigenvalue weighted by molar-refractivity contribution is 8.14. The van der Waals surface area contributed by atoms with Crippen LogP contribution in [0.1, 0.15) is 5.56 Å². The van der Waals surface area contributed by atoms with Crippen molar-refractivity contribution in [2.45, 2.75) is 6.42 Å². The van der Waals surface area contributed by atoms with E-state index in [0.717, 1.165) is 36.1 Å². The summed E-state index contributed by atoms with van der Waals surface area (Å²) in [7, 11) is 0. The number of aromatic nitrogens is 3. The molecule has 1 aromatic heterocycles. The van der Waals surface area contributed by atoms with Crippen molar-refractivity contribution in [1.82, 2.24) is 15.2 Å². The molecule has 110 valence electrons. The number of nitrogens with zero attached hydrogens (tertiary/aromatic N) is 3. The molecule has 1 aliphatic rings.